The molecule has 20 heavy (non-hydrogen) atoms. The van der Waals surface area contributed by atoms with Gasteiger partial charge in [-0.2, -0.15) is 0 Å². The van der Waals surface area contributed by atoms with Crippen molar-refractivity contribution in [3.63, 3.8) is 0 Å². The molecule has 106 valence electrons. The van der Waals surface area contributed by atoms with E-state index in [2.05, 4.69) is 22.6 Å². The predicted octanol–water partition coefficient (Wildman–Crippen LogP) is 4.89. The van der Waals surface area contributed by atoms with Crippen LogP contribution >= 0.6 is 30.4 Å². The lowest BCUT2D eigenvalue weighted by molar-refractivity contribution is 0.219. The summed E-state index contributed by atoms with van der Waals surface area (Å²) in [6, 6.07) is 16.0. The molecule has 0 bridgehead atoms. The molecule has 1 unspecified atom stereocenters. The van der Waals surface area contributed by atoms with E-state index in [0.29, 0.717) is 11.5 Å². The summed E-state index contributed by atoms with van der Waals surface area (Å²) in [5, 5.41) is 0. The van der Waals surface area contributed by atoms with E-state index in [9.17, 15) is 4.57 Å². The van der Waals surface area contributed by atoms with Gasteiger partial charge in [0.2, 0.25) is 0 Å². The second-order valence-corrected chi connectivity index (χ2v) is 6.58. The van der Waals surface area contributed by atoms with Crippen molar-refractivity contribution in [3.05, 3.63) is 58.2 Å². The summed E-state index contributed by atoms with van der Waals surface area (Å²) in [5.74, 6) is 0.882. The van der Waals surface area contributed by atoms with Crippen LogP contribution in [-0.4, -0.2) is 6.61 Å². The number of hydrogen-bond acceptors (Lipinski definition) is 4. The number of benzene rings is 2. The average molecular weight is 404 g/mol. The first-order valence-corrected chi connectivity index (χ1v) is 8.59. The van der Waals surface area contributed by atoms with Crippen molar-refractivity contribution in [2.45, 2.75) is 6.92 Å². The van der Waals surface area contributed by atoms with E-state index in [0.717, 1.165) is 3.57 Å². The van der Waals surface area contributed by atoms with Gasteiger partial charge in [-0.25, -0.2) is 4.57 Å². The molecule has 0 saturated carbocycles. The van der Waals surface area contributed by atoms with Crippen molar-refractivity contribution in [3.8, 4) is 11.5 Å². The molecule has 0 aliphatic heterocycles. The van der Waals surface area contributed by atoms with E-state index in [1.165, 1.54) is 0 Å². The molecule has 0 amide bonds. The molecule has 2 aromatic rings. The molecule has 4 nitrogen and oxygen atoms in total. The minimum absolute atomic E-state index is 0.231. The quantitative estimate of drug-likeness (QED) is 0.508. The number of halogens is 1. The molecule has 0 N–H and O–H groups in total. The molecule has 2 aromatic carbocycles. The molecule has 0 aliphatic rings. The van der Waals surface area contributed by atoms with Crippen molar-refractivity contribution in [1.82, 2.24) is 0 Å². The second kappa shape index (κ2) is 7.11. The standard InChI is InChI=1S/C14H14IO4P/c1-2-17-20(16,18-13-6-4-3-5-7-13)19-14-10-8-12(15)9-11-14/h3-11H,2H2,1H3. The van der Waals surface area contributed by atoms with E-state index < -0.39 is 7.82 Å². The van der Waals surface area contributed by atoms with Crippen molar-refractivity contribution < 1.29 is 18.1 Å². The second-order valence-electron chi connectivity index (χ2n) is 3.81. The summed E-state index contributed by atoms with van der Waals surface area (Å²) in [5.41, 5.74) is 0. The number of phosphoric acid groups is 1. The minimum Gasteiger partial charge on any atom is -0.395 e. The third-order valence-corrected chi connectivity index (χ3v) is 4.44. The van der Waals surface area contributed by atoms with Crippen molar-refractivity contribution in [2.75, 3.05) is 6.61 Å². The molecule has 0 fully saturated rings. The van der Waals surface area contributed by atoms with Gasteiger partial charge in [-0.05, 0) is 65.9 Å². The summed E-state index contributed by atoms with van der Waals surface area (Å²) in [6.07, 6.45) is 0. The summed E-state index contributed by atoms with van der Waals surface area (Å²) in [6.45, 7) is 1.97. The third kappa shape index (κ3) is 4.51. The largest absolute Gasteiger partial charge is 0.587 e. The van der Waals surface area contributed by atoms with Gasteiger partial charge in [0, 0.05) is 3.57 Å². The molecule has 2 rings (SSSR count). The molecular formula is C14H14IO4P. The molecular weight excluding hydrogens is 390 g/mol. The molecule has 0 saturated heterocycles. The maximum absolute atomic E-state index is 12.6. The lowest BCUT2D eigenvalue weighted by atomic mass is 10.3. The number of para-hydroxylation sites is 1. The third-order valence-electron chi connectivity index (χ3n) is 2.28. The van der Waals surface area contributed by atoms with Gasteiger partial charge in [-0.3, -0.25) is 4.52 Å². The Hall–Kier alpha value is -1.04. The Kier molecular flexibility index (Phi) is 5.46. The van der Waals surface area contributed by atoms with Crippen LogP contribution in [-0.2, 0) is 9.09 Å². The zero-order valence-electron chi connectivity index (χ0n) is 10.9. The van der Waals surface area contributed by atoms with Gasteiger partial charge in [-0.15, -0.1) is 0 Å². The summed E-state index contributed by atoms with van der Waals surface area (Å²) in [7, 11) is -3.68. The highest BCUT2D eigenvalue weighted by molar-refractivity contribution is 14.1. The van der Waals surface area contributed by atoms with Crippen LogP contribution < -0.4 is 9.05 Å². The van der Waals surface area contributed by atoms with Gasteiger partial charge in [0.25, 0.3) is 0 Å². The molecule has 0 radical (unpaired) electrons. The summed E-state index contributed by atoms with van der Waals surface area (Å²) >= 11 is 2.18. The van der Waals surface area contributed by atoms with Gasteiger partial charge in [0.05, 0.1) is 6.61 Å². The maximum atomic E-state index is 12.6. The Labute approximate surface area is 131 Å². The lowest BCUT2D eigenvalue weighted by Gasteiger charge is -2.18. The number of rotatable bonds is 6. The first-order chi connectivity index (χ1) is 9.61. The molecule has 0 aromatic heterocycles. The van der Waals surface area contributed by atoms with Crippen LogP contribution in [0, 0.1) is 3.57 Å². The van der Waals surface area contributed by atoms with Crippen LogP contribution in [0.15, 0.2) is 54.6 Å². The number of hydrogen-bond donors (Lipinski definition) is 0. The van der Waals surface area contributed by atoms with E-state index in [-0.39, 0.29) is 6.61 Å². The van der Waals surface area contributed by atoms with Gasteiger partial charge in [-0.1, -0.05) is 18.2 Å². The van der Waals surface area contributed by atoms with Crippen LogP contribution in [0.2, 0.25) is 0 Å². The first-order valence-electron chi connectivity index (χ1n) is 6.06. The Morgan fingerprint density at radius 2 is 1.50 bits per heavy atom. The fourth-order valence-corrected chi connectivity index (χ4v) is 3.04. The minimum atomic E-state index is -3.68. The normalized spacial score (nSPS) is 13.5. The molecule has 1 atom stereocenters. The zero-order valence-corrected chi connectivity index (χ0v) is 13.9. The highest BCUT2D eigenvalue weighted by Crippen LogP contribution is 2.49. The average Bonchev–Trinajstić information content (AvgIpc) is 2.42. The molecule has 0 aliphatic carbocycles. The van der Waals surface area contributed by atoms with Crippen molar-refractivity contribution >= 4 is 30.4 Å². The van der Waals surface area contributed by atoms with Crippen LogP contribution in [0.5, 0.6) is 11.5 Å². The van der Waals surface area contributed by atoms with E-state index in [4.69, 9.17) is 13.6 Å². The Morgan fingerprint density at radius 3 is 2.05 bits per heavy atom. The van der Waals surface area contributed by atoms with Crippen LogP contribution in [0.4, 0.5) is 0 Å². The van der Waals surface area contributed by atoms with Gasteiger partial charge in [0.15, 0.2) is 0 Å². The molecule has 0 heterocycles. The van der Waals surface area contributed by atoms with Crippen LogP contribution in [0.25, 0.3) is 0 Å². The Bertz CT molecular complexity index is 586. The van der Waals surface area contributed by atoms with Gasteiger partial charge in [0.1, 0.15) is 11.5 Å². The van der Waals surface area contributed by atoms with E-state index in [1.54, 1.807) is 43.3 Å². The van der Waals surface area contributed by atoms with Crippen LogP contribution in [0.1, 0.15) is 6.92 Å². The van der Waals surface area contributed by atoms with Crippen molar-refractivity contribution in [1.29, 1.82) is 0 Å². The Balaban J connectivity index is 2.16. The summed E-state index contributed by atoms with van der Waals surface area (Å²) < 4.78 is 29.6. The van der Waals surface area contributed by atoms with E-state index in [1.807, 2.05) is 18.2 Å². The fraction of sp³-hybridized carbons (Fsp3) is 0.143. The first kappa shape index (κ1) is 15.4. The van der Waals surface area contributed by atoms with Crippen molar-refractivity contribution in [2.24, 2.45) is 0 Å². The smallest absolute Gasteiger partial charge is 0.395 e. The van der Waals surface area contributed by atoms with Crippen LogP contribution in [0.3, 0.4) is 0 Å². The molecule has 6 heteroatoms. The van der Waals surface area contributed by atoms with Gasteiger partial charge < -0.3 is 9.05 Å². The number of phosphoric ester groups is 1. The highest BCUT2D eigenvalue weighted by Gasteiger charge is 2.30. The van der Waals surface area contributed by atoms with Gasteiger partial charge >= 0.3 is 7.82 Å². The maximum Gasteiger partial charge on any atom is 0.587 e. The lowest BCUT2D eigenvalue weighted by Crippen LogP contribution is -2.04. The fourth-order valence-electron chi connectivity index (χ4n) is 1.46. The Morgan fingerprint density at radius 1 is 0.950 bits per heavy atom. The topological polar surface area (TPSA) is 44.8 Å². The van der Waals surface area contributed by atoms with E-state index >= 15 is 0 Å². The predicted molar refractivity (Wildman–Crippen MR) is 86.1 cm³/mol. The monoisotopic (exact) mass is 404 g/mol. The summed E-state index contributed by atoms with van der Waals surface area (Å²) in [4.78, 5) is 0. The highest BCUT2D eigenvalue weighted by atomic mass is 127. The molecule has 0 spiro atoms. The zero-order chi connectivity index (χ0) is 14.4. The SMILES string of the molecule is CCOP(=O)(Oc1ccccc1)Oc1ccc(I)cc1.